The van der Waals surface area contributed by atoms with E-state index in [1.54, 1.807) is 30.5 Å². The lowest BCUT2D eigenvalue weighted by molar-refractivity contribution is 0.332. The van der Waals surface area contributed by atoms with E-state index in [0.29, 0.717) is 35.3 Å². The van der Waals surface area contributed by atoms with Gasteiger partial charge in [-0.3, -0.25) is 9.98 Å². The van der Waals surface area contributed by atoms with Gasteiger partial charge < -0.3 is 14.9 Å². The summed E-state index contributed by atoms with van der Waals surface area (Å²) < 4.78 is 25.1. The molecule has 2 N–H and O–H groups in total. The fraction of sp³-hybridized carbons (Fsp3) is 0.182. The van der Waals surface area contributed by atoms with Crippen LogP contribution in [0.3, 0.4) is 0 Å². The predicted molar refractivity (Wildman–Crippen MR) is 116 cm³/mol. The van der Waals surface area contributed by atoms with Gasteiger partial charge in [-0.1, -0.05) is 0 Å². The van der Waals surface area contributed by atoms with Crippen molar-refractivity contribution in [3.05, 3.63) is 75.7 Å². The molecule has 2 heterocycles. The van der Waals surface area contributed by atoms with Crippen LogP contribution in [0.2, 0.25) is 0 Å². The zero-order valence-corrected chi connectivity index (χ0v) is 16.5. The highest BCUT2D eigenvalue weighted by molar-refractivity contribution is 5.82. The summed E-state index contributed by atoms with van der Waals surface area (Å²) in [6.45, 7) is 5.27. The van der Waals surface area contributed by atoms with Crippen LogP contribution in [-0.2, 0) is 12.8 Å². The first-order chi connectivity index (χ1) is 14.5. The Labute approximate surface area is 172 Å². The fourth-order valence-corrected chi connectivity index (χ4v) is 3.02. The van der Waals surface area contributed by atoms with Crippen LogP contribution in [0.4, 0.5) is 10.2 Å². The van der Waals surface area contributed by atoms with Gasteiger partial charge in [0, 0.05) is 35.6 Å². The first kappa shape index (κ1) is 20.9. The number of nitrogens with two attached hydrogens (primary N) is 1. The van der Waals surface area contributed by atoms with Crippen LogP contribution in [0.25, 0.3) is 11.0 Å². The monoisotopic (exact) mass is 408 g/mol. The summed E-state index contributed by atoms with van der Waals surface area (Å²) in [6, 6.07) is 6.80. The van der Waals surface area contributed by atoms with Crippen LogP contribution in [0.5, 0.6) is 5.75 Å². The number of benzene rings is 1. The normalized spacial score (nSPS) is 11.5. The van der Waals surface area contributed by atoms with Gasteiger partial charge in [-0.15, -0.1) is 0 Å². The Bertz CT molecular complexity index is 1180. The Morgan fingerprint density at radius 2 is 2.17 bits per heavy atom. The van der Waals surface area contributed by atoms with Crippen molar-refractivity contribution < 1.29 is 13.5 Å². The lowest BCUT2D eigenvalue weighted by Gasteiger charge is -2.10. The van der Waals surface area contributed by atoms with Crippen molar-refractivity contribution in [1.82, 2.24) is 4.98 Å². The summed E-state index contributed by atoms with van der Waals surface area (Å²) in [7, 11) is 0. The van der Waals surface area contributed by atoms with E-state index < -0.39 is 11.4 Å². The third kappa shape index (κ3) is 4.78. The average Bonchev–Trinajstić information content (AvgIpc) is 2.73. The molecule has 2 aromatic heterocycles. The second kappa shape index (κ2) is 9.60. The first-order valence-electron chi connectivity index (χ1n) is 9.20. The summed E-state index contributed by atoms with van der Waals surface area (Å²) in [6.07, 6.45) is 6.77. The van der Waals surface area contributed by atoms with Crippen LogP contribution in [0.1, 0.15) is 16.7 Å². The molecule has 0 bridgehead atoms. The molecule has 0 radical (unpaired) electrons. The molecule has 1 aromatic carbocycles. The molecule has 0 aliphatic carbocycles. The average molecular weight is 408 g/mol. The standard InChI is InChI=1S/C22H21FN4O3/c1-14-17-7-5-16(29-13-26-10-3-9-25-2)12-19(17)30-22(28)18(14)6-4-15-8-11-27-21(24)20(15)23/h3,5,7-12H,2,4,6,13H2,1H3,(H2,24,27)/b9-3-,26-10-. The molecule has 154 valence electrons. The highest BCUT2D eigenvalue weighted by Gasteiger charge is 2.14. The van der Waals surface area contributed by atoms with Crippen molar-refractivity contribution in [2.45, 2.75) is 19.8 Å². The second-order valence-electron chi connectivity index (χ2n) is 6.45. The van der Waals surface area contributed by atoms with Crippen LogP contribution in [0.15, 0.2) is 61.9 Å². The number of hydrogen-bond donors (Lipinski definition) is 1. The number of ether oxygens (including phenoxy) is 1. The molecule has 30 heavy (non-hydrogen) atoms. The van der Waals surface area contributed by atoms with Gasteiger partial charge in [0.15, 0.2) is 18.4 Å². The van der Waals surface area contributed by atoms with Gasteiger partial charge in [0.05, 0.1) is 0 Å². The topological polar surface area (TPSA) is 103 Å². The van der Waals surface area contributed by atoms with Crippen LogP contribution in [-0.4, -0.2) is 24.6 Å². The van der Waals surface area contributed by atoms with Crippen molar-refractivity contribution in [2.75, 3.05) is 12.5 Å². The van der Waals surface area contributed by atoms with Gasteiger partial charge in [0.25, 0.3) is 0 Å². The van der Waals surface area contributed by atoms with Gasteiger partial charge in [-0.05, 0) is 61.9 Å². The Hall–Kier alpha value is -3.81. The van der Waals surface area contributed by atoms with Gasteiger partial charge in [-0.2, -0.15) is 0 Å². The number of rotatable bonds is 8. The molecule has 0 saturated heterocycles. The molecular weight excluding hydrogens is 387 g/mol. The number of pyridine rings is 1. The van der Waals surface area contributed by atoms with E-state index in [1.807, 2.05) is 13.0 Å². The third-order valence-electron chi connectivity index (χ3n) is 4.59. The summed E-state index contributed by atoms with van der Waals surface area (Å²) >= 11 is 0. The maximum atomic E-state index is 14.1. The molecule has 0 aliphatic heterocycles. The van der Waals surface area contributed by atoms with Crippen molar-refractivity contribution in [2.24, 2.45) is 9.98 Å². The number of aryl methyl sites for hydroxylation is 2. The molecule has 3 rings (SSSR count). The molecule has 0 unspecified atom stereocenters. The summed E-state index contributed by atoms with van der Waals surface area (Å²) in [5.41, 5.74) is 7.15. The number of fused-ring (bicyclic) bond motifs is 1. The summed E-state index contributed by atoms with van der Waals surface area (Å²) in [4.78, 5) is 23.8. The first-order valence-corrected chi connectivity index (χ1v) is 9.20. The minimum Gasteiger partial charge on any atom is -0.471 e. The molecule has 0 atom stereocenters. The smallest absolute Gasteiger partial charge is 0.339 e. The third-order valence-corrected chi connectivity index (χ3v) is 4.59. The molecule has 0 amide bonds. The second-order valence-corrected chi connectivity index (χ2v) is 6.45. The zero-order valence-electron chi connectivity index (χ0n) is 16.5. The van der Waals surface area contributed by atoms with Crippen molar-refractivity contribution in [3.63, 3.8) is 0 Å². The minimum absolute atomic E-state index is 0.106. The predicted octanol–water partition coefficient (Wildman–Crippen LogP) is 3.62. The van der Waals surface area contributed by atoms with Crippen LogP contribution in [0, 0.1) is 12.7 Å². The maximum absolute atomic E-state index is 14.1. The Morgan fingerprint density at radius 1 is 1.33 bits per heavy atom. The Kier molecular flexibility index (Phi) is 6.69. The van der Waals surface area contributed by atoms with Gasteiger partial charge in [-0.25, -0.2) is 14.2 Å². The van der Waals surface area contributed by atoms with Crippen LogP contribution < -0.4 is 16.1 Å². The number of hydrogen-bond acceptors (Lipinski definition) is 7. The highest BCUT2D eigenvalue weighted by Crippen LogP contribution is 2.25. The van der Waals surface area contributed by atoms with E-state index in [0.717, 1.165) is 10.9 Å². The quantitative estimate of drug-likeness (QED) is 0.453. The Balaban J connectivity index is 1.78. The molecule has 0 spiro atoms. The van der Waals surface area contributed by atoms with E-state index in [4.69, 9.17) is 14.9 Å². The minimum atomic E-state index is -0.555. The lowest BCUT2D eigenvalue weighted by atomic mass is 10.00. The number of allylic oxidation sites excluding steroid dienone is 1. The van der Waals surface area contributed by atoms with Gasteiger partial charge in [0.1, 0.15) is 11.3 Å². The van der Waals surface area contributed by atoms with E-state index in [1.165, 1.54) is 12.4 Å². The lowest BCUT2D eigenvalue weighted by Crippen LogP contribution is -2.12. The summed E-state index contributed by atoms with van der Waals surface area (Å²) in [5.74, 6) is -0.184. The summed E-state index contributed by atoms with van der Waals surface area (Å²) in [5, 5.41) is 0.787. The maximum Gasteiger partial charge on any atom is 0.339 e. The zero-order chi connectivity index (χ0) is 21.5. The highest BCUT2D eigenvalue weighted by atomic mass is 19.1. The SMILES string of the molecule is C=N/C=C\C=N/COc1ccc2c(C)c(CCc3ccnc(N)c3F)c(=O)oc2c1. The molecular formula is C22H21FN4O3. The number of nitrogen functional groups attached to an aromatic ring is 1. The number of halogens is 1. The number of anilines is 1. The Morgan fingerprint density at radius 3 is 2.97 bits per heavy atom. The molecule has 8 heteroatoms. The molecule has 0 fully saturated rings. The number of aromatic nitrogens is 1. The molecule has 7 nitrogen and oxygen atoms in total. The molecule has 0 aliphatic rings. The number of aliphatic imine (C=N–C) groups is 2. The largest absolute Gasteiger partial charge is 0.471 e. The number of nitrogens with zero attached hydrogens (tertiary/aromatic N) is 3. The van der Waals surface area contributed by atoms with Crippen molar-refractivity contribution in [1.29, 1.82) is 0 Å². The molecule has 0 saturated carbocycles. The van der Waals surface area contributed by atoms with Crippen molar-refractivity contribution in [3.8, 4) is 5.75 Å². The van der Waals surface area contributed by atoms with E-state index in [2.05, 4.69) is 21.7 Å². The fourth-order valence-electron chi connectivity index (χ4n) is 3.02. The van der Waals surface area contributed by atoms with E-state index in [-0.39, 0.29) is 12.5 Å². The van der Waals surface area contributed by atoms with Gasteiger partial charge in [0.2, 0.25) is 0 Å². The van der Waals surface area contributed by atoms with Gasteiger partial charge >= 0.3 is 5.63 Å². The van der Waals surface area contributed by atoms with Crippen molar-refractivity contribution >= 4 is 29.7 Å². The van der Waals surface area contributed by atoms with E-state index >= 15 is 0 Å². The van der Waals surface area contributed by atoms with E-state index in [9.17, 15) is 9.18 Å². The molecule has 3 aromatic rings. The van der Waals surface area contributed by atoms with Crippen LogP contribution >= 0.6 is 0 Å².